The summed E-state index contributed by atoms with van der Waals surface area (Å²) in [7, 11) is 1.26. The van der Waals surface area contributed by atoms with Crippen molar-refractivity contribution in [3.63, 3.8) is 0 Å². The van der Waals surface area contributed by atoms with Gasteiger partial charge in [0.15, 0.2) is 0 Å². The van der Waals surface area contributed by atoms with E-state index in [0.29, 0.717) is 17.4 Å². The fourth-order valence-corrected chi connectivity index (χ4v) is 11.5. The fraction of sp³-hybridized carbons (Fsp3) is 0.928. The van der Waals surface area contributed by atoms with Gasteiger partial charge in [-0.3, -0.25) is 9.36 Å². The lowest BCUT2D eigenvalue weighted by atomic mass is 10.0. The Bertz CT molecular complexity index is 1320. The van der Waals surface area contributed by atoms with Gasteiger partial charge in [0.25, 0.3) is 7.82 Å². The minimum Gasteiger partial charge on any atom is -0.756 e. The van der Waals surface area contributed by atoms with Crippen LogP contribution in [0.15, 0.2) is 24.3 Å². The van der Waals surface area contributed by atoms with Crippen molar-refractivity contribution in [2.45, 2.75) is 373 Å². The molecule has 0 aliphatic heterocycles. The van der Waals surface area contributed by atoms with E-state index in [9.17, 15) is 19.4 Å². The fourth-order valence-electron chi connectivity index (χ4n) is 10.8. The number of amides is 1. The second kappa shape index (κ2) is 60.6. The third-order valence-corrected chi connectivity index (χ3v) is 17.1. The molecular weight excluding hydrogens is 984 g/mol. The van der Waals surface area contributed by atoms with Gasteiger partial charge < -0.3 is 28.8 Å². The predicted octanol–water partition coefficient (Wildman–Crippen LogP) is 21.3. The number of nitrogens with one attached hydrogen (secondary N) is 1. The molecule has 0 spiro atoms. The summed E-state index contributed by atoms with van der Waals surface area (Å²) < 4.78 is 23.4. The number of hydrogen-bond donors (Lipinski definition) is 2. The Balaban J connectivity index is 4.03. The first-order valence-corrected chi connectivity index (χ1v) is 36.2. The van der Waals surface area contributed by atoms with Crippen LogP contribution in [-0.2, 0) is 18.4 Å². The summed E-state index contributed by atoms with van der Waals surface area (Å²) in [4.78, 5) is 25.6. The molecule has 3 atom stereocenters. The minimum atomic E-state index is -4.61. The van der Waals surface area contributed by atoms with Crippen LogP contribution in [0.25, 0.3) is 0 Å². The minimum absolute atomic E-state index is 0.00346. The van der Waals surface area contributed by atoms with Gasteiger partial charge in [-0.25, -0.2) is 0 Å². The van der Waals surface area contributed by atoms with Gasteiger partial charge in [-0.1, -0.05) is 346 Å². The van der Waals surface area contributed by atoms with E-state index < -0.39 is 20.0 Å². The molecular formula is C69H137N2O6P. The van der Waals surface area contributed by atoms with Crippen molar-refractivity contribution >= 4 is 13.7 Å². The number of carbonyl (C=O) groups excluding carboxylic acids is 1. The highest BCUT2D eigenvalue weighted by molar-refractivity contribution is 7.45. The Morgan fingerprint density at radius 2 is 0.718 bits per heavy atom. The number of quaternary nitrogens is 1. The van der Waals surface area contributed by atoms with Crippen LogP contribution in [0.1, 0.15) is 361 Å². The summed E-state index contributed by atoms with van der Waals surface area (Å²) in [6, 6.07) is -0.901. The number of phosphoric acid groups is 1. The predicted molar refractivity (Wildman–Crippen MR) is 339 cm³/mol. The van der Waals surface area contributed by atoms with Crippen LogP contribution in [-0.4, -0.2) is 68.5 Å². The van der Waals surface area contributed by atoms with E-state index in [1.807, 2.05) is 27.2 Å². The first-order valence-electron chi connectivity index (χ1n) is 34.7. The average Bonchev–Trinajstić information content (AvgIpc) is 3.41. The monoisotopic (exact) mass is 1120 g/mol. The van der Waals surface area contributed by atoms with Gasteiger partial charge in [-0.2, -0.15) is 0 Å². The second-order valence-electron chi connectivity index (χ2n) is 25.2. The van der Waals surface area contributed by atoms with E-state index in [-0.39, 0.29) is 19.1 Å². The van der Waals surface area contributed by atoms with Crippen molar-refractivity contribution in [1.82, 2.24) is 5.32 Å². The number of allylic oxidation sites excluding steroid dienone is 3. The number of hydrogen-bond acceptors (Lipinski definition) is 6. The van der Waals surface area contributed by atoms with Crippen LogP contribution < -0.4 is 10.2 Å². The van der Waals surface area contributed by atoms with Crippen LogP contribution in [0.3, 0.4) is 0 Å². The molecule has 0 aliphatic carbocycles. The lowest BCUT2D eigenvalue weighted by Gasteiger charge is -2.29. The van der Waals surface area contributed by atoms with Gasteiger partial charge >= 0.3 is 0 Å². The molecule has 0 saturated carbocycles. The lowest BCUT2D eigenvalue weighted by Crippen LogP contribution is -2.45. The van der Waals surface area contributed by atoms with Crippen molar-refractivity contribution in [3.8, 4) is 0 Å². The Kier molecular flexibility index (Phi) is 59.8. The van der Waals surface area contributed by atoms with Crippen LogP contribution in [0, 0.1) is 0 Å². The van der Waals surface area contributed by atoms with E-state index in [4.69, 9.17) is 9.05 Å². The molecule has 464 valence electrons. The first kappa shape index (κ1) is 77.0. The molecule has 8 nitrogen and oxygen atoms in total. The largest absolute Gasteiger partial charge is 0.756 e. The van der Waals surface area contributed by atoms with E-state index in [1.54, 1.807) is 6.08 Å². The maximum atomic E-state index is 13.0. The smallest absolute Gasteiger partial charge is 0.268 e. The number of aliphatic hydroxyl groups excluding tert-OH is 1. The molecule has 0 rings (SSSR count). The number of rotatable bonds is 65. The average molecular weight is 1120 g/mol. The number of unbranched alkanes of at least 4 members (excludes halogenated alkanes) is 50. The molecule has 0 bridgehead atoms. The third kappa shape index (κ3) is 62.6. The van der Waals surface area contributed by atoms with Gasteiger partial charge in [-0.05, 0) is 32.1 Å². The van der Waals surface area contributed by atoms with Gasteiger partial charge in [0.2, 0.25) is 5.91 Å². The highest BCUT2D eigenvalue weighted by Crippen LogP contribution is 2.38. The van der Waals surface area contributed by atoms with E-state index in [0.717, 1.165) is 38.5 Å². The second-order valence-corrected chi connectivity index (χ2v) is 26.7. The maximum Gasteiger partial charge on any atom is 0.268 e. The van der Waals surface area contributed by atoms with E-state index >= 15 is 0 Å². The van der Waals surface area contributed by atoms with Crippen molar-refractivity contribution in [1.29, 1.82) is 0 Å². The van der Waals surface area contributed by atoms with Gasteiger partial charge in [-0.15, -0.1) is 0 Å². The number of phosphoric ester groups is 1. The lowest BCUT2D eigenvalue weighted by molar-refractivity contribution is -0.870. The zero-order valence-electron chi connectivity index (χ0n) is 53.2. The molecule has 0 aromatic heterocycles. The normalized spacial score (nSPS) is 13.8. The summed E-state index contributed by atoms with van der Waals surface area (Å²) in [5, 5.41) is 13.9. The molecule has 0 aliphatic rings. The zero-order chi connectivity index (χ0) is 57.0. The molecule has 0 aromatic rings. The van der Waals surface area contributed by atoms with E-state index in [2.05, 4.69) is 31.3 Å². The van der Waals surface area contributed by atoms with Crippen molar-refractivity contribution in [2.75, 3.05) is 40.9 Å². The summed E-state index contributed by atoms with van der Waals surface area (Å²) in [6.07, 6.45) is 78.8. The molecule has 0 fully saturated rings. The Labute approximate surface area is 487 Å². The quantitative estimate of drug-likeness (QED) is 0.0272. The molecule has 1 amide bonds. The van der Waals surface area contributed by atoms with Crippen molar-refractivity contribution in [2.24, 2.45) is 0 Å². The highest BCUT2D eigenvalue weighted by Gasteiger charge is 2.23. The van der Waals surface area contributed by atoms with E-state index in [1.165, 1.54) is 302 Å². The Morgan fingerprint density at radius 3 is 1.04 bits per heavy atom. The molecule has 3 unspecified atom stereocenters. The number of nitrogens with zero attached hydrogens (tertiary/aromatic N) is 1. The molecule has 0 aromatic carbocycles. The van der Waals surface area contributed by atoms with Crippen LogP contribution >= 0.6 is 7.82 Å². The first-order chi connectivity index (χ1) is 38.0. The SMILES string of the molecule is CCCCCCCCCCCCCCCCCCC/C=C/CC/C=C/C(O)C(COP(=O)([O-])OCC[N+](C)(C)C)NC(=O)CCCCCCCCCCCCCCCCCCCCCCCCCCCCCCCCCCC. The molecule has 0 saturated heterocycles. The third-order valence-electron chi connectivity index (χ3n) is 16.2. The van der Waals surface area contributed by atoms with Gasteiger partial charge in [0, 0.05) is 6.42 Å². The number of carbonyl (C=O) groups is 1. The summed E-state index contributed by atoms with van der Waals surface area (Å²) >= 11 is 0. The number of likely N-dealkylation sites (N-methyl/N-ethyl adjacent to an activating group) is 1. The topological polar surface area (TPSA) is 108 Å². The van der Waals surface area contributed by atoms with Gasteiger partial charge in [0.1, 0.15) is 13.2 Å². The molecule has 0 heterocycles. The summed E-state index contributed by atoms with van der Waals surface area (Å²) in [5.41, 5.74) is 0. The van der Waals surface area contributed by atoms with Crippen molar-refractivity contribution < 1.29 is 32.9 Å². The zero-order valence-corrected chi connectivity index (χ0v) is 54.0. The van der Waals surface area contributed by atoms with Crippen LogP contribution in [0.2, 0.25) is 0 Å². The summed E-state index contributed by atoms with van der Waals surface area (Å²) in [6.45, 7) is 4.69. The van der Waals surface area contributed by atoms with Gasteiger partial charge in [0.05, 0.1) is 39.9 Å². The maximum absolute atomic E-state index is 13.0. The standard InChI is InChI=1S/C69H137N2O6P/c1-6-8-10-12-14-16-18-20-22-24-26-28-30-31-32-33-34-35-36-37-38-39-41-43-45-47-49-51-53-55-57-59-61-63-69(73)70-67(66-77-78(74,75)76-65-64-71(3,4)5)68(72)62-60-58-56-54-52-50-48-46-44-42-40-29-27-25-23-21-19-17-15-13-11-9-7-2/h52,54,60,62,67-68,72H,6-51,53,55-59,61,63-66H2,1-5H3,(H-,70,73,74,75)/b54-52+,62-60+. The molecule has 78 heavy (non-hydrogen) atoms. The molecule has 9 heteroatoms. The highest BCUT2D eigenvalue weighted by atomic mass is 31.2. The Morgan fingerprint density at radius 1 is 0.436 bits per heavy atom. The Hall–Kier alpha value is -1.02. The van der Waals surface area contributed by atoms with Crippen LogP contribution in [0.4, 0.5) is 0 Å². The molecule has 2 N–H and O–H groups in total. The van der Waals surface area contributed by atoms with Crippen molar-refractivity contribution in [3.05, 3.63) is 24.3 Å². The summed E-state index contributed by atoms with van der Waals surface area (Å²) in [5.74, 6) is -0.198. The van der Waals surface area contributed by atoms with Crippen LogP contribution in [0.5, 0.6) is 0 Å². The number of aliphatic hydroxyl groups is 1. The molecule has 0 radical (unpaired) electrons.